The van der Waals surface area contributed by atoms with Gasteiger partial charge in [0.05, 0.1) is 0 Å². The molecule has 102 valence electrons. The summed E-state index contributed by atoms with van der Waals surface area (Å²) in [6, 6.07) is -1.09. The summed E-state index contributed by atoms with van der Waals surface area (Å²) < 4.78 is 0. The van der Waals surface area contributed by atoms with E-state index in [1.54, 1.807) is 4.90 Å². The van der Waals surface area contributed by atoms with Crippen LogP contribution in [0.15, 0.2) is 11.6 Å². The van der Waals surface area contributed by atoms with Crippen molar-refractivity contribution in [3.05, 3.63) is 11.6 Å². The van der Waals surface area contributed by atoms with Crippen molar-refractivity contribution in [1.82, 2.24) is 10.2 Å². The average molecular weight is 254 g/mol. The second-order valence-electron chi connectivity index (χ2n) is 4.91. The largest absolute Gasteiger partial charge is 0.480 e. The van der Waals surface area contributed by atoms with Gasteiger partial charge in [-0.3, -0.25) is 0 Å². The summed E-state index contributed by atoms with van der Waals surface area (Å²) in [6.45, 7) is 6.96. The molecule has 0 saturated carbocycles. The van der Waals surface area contributed by atoms with Gasteiger partial charge in [-0.2, -0.15) is 0 Å². The molecule has 0 aromatic rings. The molecule has 1 rings (SSSR count). The monoisotopic (exact) mass is 254 g/mol. The molecule has 0 radical (unpaired) electrons. The minimum atomic E-state index is -0.970. The highest BCUT2D eigenvalue weighted by molar-refractivity contribution is 5.83. The van der Waals surface area contributed by atoms with Crippen LogP contribution in [0, 0.1) is 5.92 Å². The van der Waals surface area contributed by atoms with Crippen molar-refractivity contribution in [2.24, 2.45) is 5.92 Å². The number of hydrogen-bond acceptors (Lipinski definition) is 2. The first-order chi connectivity index (χ1) is 8.45. The van der Waals surface area contributed by atoms with Crippen LogP contribution in [0.2, 0.25) is 0 Å². The fourth-order valence-corrected chi connectivity index (χ4v) is 1.99. The summed E-state index contributed by atoms with van der Waals surface area (Å²) in [5.74, 6) is -1.05. The van der Waals surface area contributed by atoms with Gasteiger partial charge in [0.15, 0.2) is 0 Å². The van der Waals surface area contributed by atoms with Crippen LogP contribution in [0.5, 0.6) is 0 Å². The normalized spacial score (nSPS) is 18.8. The van der Waals surface area contributed by atoms with Gasteiger partial charge in [-0.25, -0.2) is 9.59 Å². The minimum Gasteiger partial charge on any atom is -0.480 e. The third-order valence-electron chi connectivity index (χ3n) is 3.38. The topological polar surface area (TPSA) is 69.6 Å². The van der Waals surface area contributed by atoms with Gasteiger partial charge in [-0.15, -0.1) is 0 Å². The standard InChI is InChI=1S/C13H22N2O3/c1-4-10(3)11(12(16)17)14-13(18)15-7-5-6-9(2)8-15/h6,10-11H,4-5,7-8H2,1-3H3,(H,14,18)(H,16,17)/t10-,11-/m0/s1. The predicted octanol–water partition coefficient (Wildman–Crippen LogP) is 1.85. The highest BCUT2D eigenvalue weighted by atomic mass is 16.4. The van der Waals surface area contributed by atoms with Gasteiger partial charge >= 0.3 is 12.0 Å². The van der Waals surface area contributed by atoms with Gasteiger partial charge in [0.2, 0.25) is 0 Å². The van der Waals surface area contributed by atoms with Crippen molar-refractivity contribution in [3.63, 3.8) is 0 Å². The lowest BCUT2D eigenvalue weighted by molar-refractivity contribution is -0.140. The zero-order valence-corrected chi connectivity index (χ0v) is 11.3. The van der Waals surface area contributed by atoms with Crippen LogP contribution >= 0.6 is 0 Å². The molecule has 2 atom stereocenters. The summed E-state index contributed by atoms with van der Waals surface area (Å²) in [6.07, 6.45) is 3.66. The van der Waals surface area contributed by atoms with Gasteiger partial charge in [-0.1, -0.05) is 31.9 Å². The molecule has 0 aromatic carbocycles. The number of aliphatic carboxylic acids is 1. The minimum absolute atomic E-state index is 0.0760. The van der Waals surface area contributed by atoms with Crippen LogP contribution in [0.4, 0.5) is 4.79 Å². The molecule has 0 aromatic heterocycles. The van der Waals surface area contributed by atoms with E-state index in [4.69, 9.17) is 5.11 Å². The summed E-state index contributed by atoms with van der Waals surface area (Å²) in [7, 11) is 0. The molecule has 0 aliphatic carbocycles. The van der Waals surface area contributed by atoms with Crippen molar-refractivity contribution >= 4 is 12.0 Å². The molecule has 1 aliphatic heterocycles. The third kappa shape index (κ3) is 3.75. The number of nitrogens with zero attached hydrogens (tertiary/aromatic N) is 1. The first-order valence-corrected chi connectivity index (χ1v) is 6.39. The number of hydrogen-bond donors (Lipinski definition) is 2. The van der Waals surface area contributed by atoms with E-state index in [9.17, 15) is 9.59 Å². The molecule has 1 heterocycles. The van der Waals surface area contributed by atoms with Gasteiger partial charge in [-0.05, 0) is 19.3 Å². The summed E-state index contributed by atoms with van der Waals surface area (Å²) in [5, 5.41) is 11.7. The third-order valence-corrected chi connectivity index (χ3v) is 3.38. The Bertz CT molecular complexity index is 352. The van der Waals surface area contributed by atoms with Crippen molar-refractivity contribution in [2.45, 2.75) is 39.7 Å². The number of nitrogens with one attached hydrogen (secondary N) is 1. The van der Waals surface area contributed by atoms with E-state index >= 15 is 0 Å². The molecule has 2 amide bonds. The number of rotatable bonds is 4. The summed E-state index contributed by atoms with van der Waals surface area (Å²) in [5.41, 5.74) is 1.15. The van der Waals surface area contributed by atoms with Crippen molar-refractivity contribution < 1.29 is 14.7 Å². The zero-order valence-electron chi connectivity index (χ0n) is 11.3. The summed E-state index contributed by atoms with van der Waals surface area (Å²) in [4.78, 5) is 24.8. The first-order valence-electron chi connectivity index (χ1n) is 6.39. The molecular weight excluding hydrogens is 232 g/mol. The van der Waals surface area contributed by atoms with E-state index in [1.807, 2.05) is 20.8 Å². The van der Waals surface area contributed by atoms with Crippen LogP contribution in [0.3, 0.4) is 0 Å². The first kappa shape index (κ1) is 14.5. The Morgan fingerprint density at radius 3 is 2.72 bits per heavy atom. The molecule has 5 nitrogen and oxygen atoms in total. The van der Waals surface area contributed by atoms with Gasteiger partial charge in [0, 0.05) is 13.1 Å². The van der Waals surface area contributed by atoms with Crippen molar-refractivity contribution in [3.8, 4) is 0 Å². The van der Waals surface area contributed by atoms with E-state index in [2.05, 4.69) is 11.4 Å². The fraction of sp³-hybridized carbons (Fsp3) is 0.692. The smallest absolute Gasteiger partial charge is 0.326 e. The number of carboxylic acids is 1. The Morgan fingerprint density at radius 1 is 1.56 bits per heavy atom. The van der Waals surface area contributed by atoms with E-state index in [0.29, 0.717) is 13.1 Å². The Kier molecular flexibility index (Phi) is 5.19. The van der Waals surface area contributed by atoms with E-state index in [1.165, 1.54) is 0 Å². The Balaban J connectivity index is 2.61. The zero-order chi connectivity index (χ0) is 13.7. The molecule has 0 unspecified atom stereocenters. The Morgan fingerprint density at radius 2 is 2.22 bits per heavy atom. The SMILES string of the molecule is CC[C@H](C)[C@H](NC(=O)N1CCC=C(C)C1)C(=O)O. The van der Waals surface area contributed by atoms with Crippen molar-refractivity contribution in [2.75, 3.05) is 13.1 Å². The highest BCUT2D eigenvalue weighted by Gasteiger charge is 2.27. The van der Waals surface area contributed by atoms with Gasteiger partial charge in [0.25, 0.3) is 0 Å². The lowest BCUT2D eigenvalue weighted by atomic mass is 9.99. The maximum absolute atomic E-state index is 12.0. The molecule has 0 fully saturated rings. The maximum atomic E-state index is 12.0. The van der Waals surface area contributed by atoms with Crippen LogP contribution in [0.1, 0.15) is 33.6 Å². The molecule has 2 N–H and O–H groups in total. The van der Waals surface area contributed by atoms with Crippen LogP contribution in [-0.2, 0) is 4.79 Å². The molecular formula is C13H22N2O3. The van der Waals surface area contributed by atoms with Crippen LogP contribution in [-0.4, -0.2) is 41.1 Å². The molecule has 1 aliphatic rings. The highest BCUT2D eigenvalue weighted by Crippen LogP contribution is 2.11. The number of carbonyl (C=O) groups is 2. The number of amides is 2. The van der Waals surface area contributed by atoms with Crippen molar-refractivity contribution in [1.29, 1.82) is 0 Å². The fourth-order valence-electron chi connectivity index (χ4n) is 1.99. The Labute approximate surface area is 108 Å². The second-order valence-corrected chi connectivity index (χ2v) is 4.91. The van der Waals surface area contributed by atoms with E-state index in [-0.39, 0.29) is 11.9 Å². The van der Waals surface area contributed by atoms with Gasteiger partial charge < -0.3 is 15.3 Å². The Hall–Kier alpha value is -1.52. The average Bonchev–Trinajstić information content (AvgIpc) is 2.34. The number of carboxylic acid groups (broad SMARTS) is 1. The quantitative estimate of drug-likeness (QED) is 0.752. The van der Waals surface area contributed by atoms with E-state index in [0.717, 1.165) is 18.4 Å². The maximum Gasteiger partial charge on any atom is 0.326 e. The van der Waals surface area contributed by atoms with Crippen LogP contribution < -0.4 is 5.32 Å². The molecule has 0 bridgehead atoms. The van der Waals surface area contributed by atoms with E-state index < -0.39 is 12.0 Å². The molecule has 18 heavy (non-hydrogen) atoms. The molecule has 0 spiro atoms. The summed E-state index contributed by atoms with van der Waals surface area (Å²) >= 11 is 0. The molecule has 0 saturated heterocycles. The number of carbonyl (C=O) groups excluding carboxylic acids is 1. The lowest BCUT2D eigenvalue weighted by Gasteiger charge is -2.29. The second kappa shape index (κ2) is 6.42. The van der Waals surface area contributed by atoms with Crippen LogP contribution in [0.25, 0.3) is 0 Å². The lowest BCUT2D eigenvalue weighted by Crippen LogP contribution is -2.51. The number of urea groups is 1. The molecule has 5 heteroatoms. The van der Waals surface area contributed by atoms with Gasteiger partial charge in [0.1, 0.15) is 6.04 Å². The predicted molar refractivity (Wildman–Crippen MR) is 69.4 cm³/mol.